The quantitative estimate of drug-likeness (QED) is 0.541. The highest BCUT2D eigenvalue weighted by Gasteiger charge is 2.19. The van der Waals surface area contributed by atoms with Crippen LogP contribution in [0.2, 0.25) is 0 Å². The van der Waals surface area contributed by atoms with Crippen LogP contribution in [0.4, 0.5) is 10.2 Å². The zero-order valence-electron chi connectivity index (χ0n) is 10.7. The minimum Gasteiger partial charge on any atom is -0.382 e. The molecule has 2 aromatic carbocycles. The van der Waals surface area contributed by atoms with Crippen LogP contribution in [0.15, 0.2) is 46.9 Å². The summed E-state index contributed by atoms with van der Waals surface area (Å²) >= 11 is 5.68. The molecule has 1 aromatic heterocycles. The highest BCUT2D eigenvalue weighted by molar-refractivity contribution is 14.1. The van der Waals surface area contributed by atoms with Crippen molar-refractivity contribution in [2.75, 3.05) is 5.73 Å². The van der Waals surface area contributed by atoms with E-state index in [2.05, 4.69) is 48.7 Å². The van der Waals surface area contributed by atoms with Gasteiger partial charge < -0.3 is 5.73 Å². The minimum atomic E-state index is -0.322. The molecule has 0 saturated carbocycles. The van der Waals surface area contributed by atoms with Crippen LogP contribution in [-0.2, 0) is 0 Å². The van der Waals surface area contributed by atoms with Gasteiger partial charge in [-0.05, 0) is 46.9 Å². The van der Waals surface area contributed by atoms with Crippen LogP contribution >= 0.6 is 38.5 Å². The molecule has 3 nitrogen and oxygen atoms in total. The van der Waals surface area contributed by atoms with E-state index in [1.807, 2.05) is 18.2 Å². The van der Waals surface area contributed by atoms with Gasteiger partial charge in [0.05, 0.1) is 11.3 Å². The van der Waals surface area contributed by atoms with Crippen LogP contribution in [0.1, 0.15) is 0 Å². The summed E-state index contributed by atoms with van der Waals surface area (Å²) < 4.78 is 16.1. The Morgan fingerprint density at radius 3 is 2.67 bits per heavy atom. The number of rotatable bonds is 2. The first-order valence-electron chi connectivity index (χ1n) is 6.12. The van der Waals surface area contributed by atoms with Crippen molar-refractivity contribution in [2.24, 2.45) is 0 Å². The maximum absolute atomic E-state index is 14.1. The van der Waals surface area contributed by atoms with Gasteiger partial charge in [-0.25, -0.2) is 4.39 Å². The molecule has 21 heavy (non-hydrogen) atoms. The number of nitrogens with two attached hydrogens (primary N) is 1. The third-order valence-corrected chi connectivity index (χ3v) is 4.57. The summed E-state index contributed by atoms with van der Waals surface area (Å²) in [7, 11) is 0. The maximum atomic E-state index is 14.1. The zero-order chi connectivity index (χ0) is 15.0. The molecule has 0 bridgehead atoms. The molecule has 0 spiro atoms. The molecule has 0 aliphatic rings. The largest absolute Gasteiger partial charge is 0.382 e. The van der Waals surface area contributed by atoms with Crippen molar-refractivity contribution in [2.45, 2.75) is 0 Å². The third-order valence-electron chi connectivity index (χ3n) is 3.14. The molecule has 0 saturated heterocycles. The van der Waals surface area contributed by atoms with E-state index < -0.39 is 0 Å². The average molecular weight is 458 g/mol. The summed E-state index contributed by atoms with van der Waals surface area (Å²) in [6, 6.07) is 12.4. The number of aromatic nitrogens is 2. The van der Waals surface area contributed by atoms with Crippen LogP contribution in [-0.4, -0.2) is 10.2 Å². The van der Waals surface area contributed by atoms with E-state index in [4.69, 9.17) is 5.73 Å². The number of benzene rings is 2. The second-order valence-corrected chi connectivity index (χ2v) is 6.54. The molecule has 0 fully saturated rings. The van der Waals surface area contributed by atoms with E-state index in [-0.39, 0.29) is 11.6 Å². The van der Waals surface area contributed by atoms with Crippen molar-refractivity contribution in [3.63, 3.8) is 0 Å². The fourth-order valence-electron chi connectivity index (χ4n) is 2.18. The van der Waals surface area contributed by atoms with Crippen molar-refractivity contribution < 1.29 is 4.39 Å². The number of hydrogen-bond acceptors (Lipinski definition) is 2. The Labute approximate surface area is 143 Å². The molecule has 6 heteroatoms. The Morgan fingerprint density at radius 1 is 1.14 bits per heavy atom. The smallest absolute Gasteiger partial charge is 0.153 e. The first-order valence-corrected chi connectivity index (χ1v) is 7.99. The normalized spacial score (nSPS) is 10.8. The van der Waals surface area contributed by atoms with Crippen molar-refractivity contribution in [1.82, 2.24) is 10.2 Å². The summed E-state index contributed by atoms with van der Waals surface area (Å²) in [6.07, 6.45) is 0. The summed E-state index contributed by atoms with van der Waals surface area (Å²) in [5, 5.41) is 6.97. The minimum absolute atomic E-state index is 0.283. The van der Waals surface area contributed by atoms with Crippen LogP contribution in [0.5, 0.6) is 0 Å². The fraction of sp³-hybridized carbons (Fsp3) is 0. The molecule has 106 valence electrons. The van der Waals surface area contributed by atoms with Gasteiger partial charge in [-0.1, -0.05) is 34.1 Å². The van der Waals surface area contributed by atoms with Crippen molar-refractivity contribution in [3.8, 4) is 22.4 Å². The molecule has 0 radical (unpaired) electrons. The molecule has 3 rings (SSSR count). The van der Waals surface area contributed by atoms with Gasteiger partial charge in [-0.15, -0.1) is 0 Å². The summed E-state index contributed by atoms with van der Waals surface area (Å²) in [4.78, 5) is 0. The zero-order valence-corrected chi connectivity index (χ0v) is 14.4. The second kappa shape index (κ2) is 5.76. The highest BCUT2D eigenvalue weighted by atomic mass is 127. The predicted molar refractivity (Wildman–Crippen MR) is 94.2 cm³/mol. The van der Waals surface area contributed by atoms with E-state index in [1.165, 1.54) is 6.07 Å². The van der Waals surface area contributed by atoms with E-state index in [1.54, 1.807) is 18.2 Å². The number of nitrogens with zero attached hydrogens (tertiary/aromatic N) is 1. The topological polar surface area (TPSA) is 54.7 Å². The number of nitrogen functional groups attached to an aromatic ring is 1. The molecular weight excluding hydrogens is 448 g/mol. The Kier molecular flexibility index (Phi) is 3.99. The molecule has 3 N–H and O–H groups in total. The first-order chi connectivity index (χ1) is 10.1. The Bertz CT molecular complexity index is 816. The van der Waals surface area contributed by atoms with E-state index in [0.29, 0.717) is 16.8 Å². The molecular formula is C15H10BrFIN3. The van der Waals surface area contributed by atoms with E-state index in [0.717, 1.165) is 13.6 Å². The number of halogens is 3. The number of aromatic amines is 1. The molecule has 0 unspecified atom stereocenters. The van der Waals surface area contributed by atoms with Crippen molar-refractivity contribution in [3.05, 3.63) is 56.3 Å². The molecule has 1 heterocycles. The van der Waals surface area contributed by atoms with Gasteiger partial charge in [0.1, 0.15) is 5.82 Å². The van der Waals surface area contributed by atoms with Gasteiger partial charge in [-0.2, -0.15) is 5.10 Å². The van der Waals surface area contributed by atoms with Crippen molar-refractivity contribution in [1.29, 1.82) is 0 Å². The van der Waals surface area contributed by atoms with Gasteiger partial charge in [0.2, 0.25) is 0 Å². The number of hydrogen-bond donors (Lipinski definition) is 2. The molecule has 0 atom stereocenters. The molecule has 0 aliphatic carbocycles. The summed E-state index contributed by atoms with van der Waals surface area (Å²) in [5.74, 6) is -0.0391. The second-order valence-electron chi connectivity index (χ2n) is 4.46. The predicted octanol–water partition coefficient (Wildman–Crippen LogP) is 4.83. The SMILES string of the molecule is Nc1n[nH]c(-c2cc(Br)ccc2I)c1-c1ccccc1F. The average Bonchev–Trinajstić information content (AvgIpc) is 2.84. The fourth-order valence-corrected chi connectivity index (χ4v) is 3.14. The Hall–Kier alpha value is -1.41. The Balaban J connectivity index is 2.27. The lowest BCUT2D eigenvalue weighted by molar-refractivity contribution is 0.631. The first kappa shape index (κ1) is 14.5. The van der Waals surface area contributed by atoms with E-state index >= 15 is 0 Å². The van der Waals surface area contributed by atoms with Gasteiger partial charge in [0.25, 0.3) is 0 Å². The van der Waals surface area contributed by atoms with E-state index in [9.17, 15) is 4.39 Å². The lowest BCUT2D eigenvalue weighted by atomic mass is 10.0. The number of nitrogens with one attached hydrogen (secondary N) is 1. The van der Waals surface area contributed by atoms with Gasteiger partial charge >= 0.3 is 0 Å². The van der Waals surface area contributed by atoms with Crippen LogP contribution in [0.25, 0.3) is 22.4 Å². The molecule has 0 aliphatic heterocycles. The highest BCUT2D eigenvalue weighted by Crippen LogP contribution is 2.38. The number of anilines is 1. The maximum Gasteiger partial charge on any atom is 0.153 e. The standard InChI is InChI=1S/C15H10BrFIN3/c16-8-5-6-12(18)10(7-8)14-13(15(19)21-20-14)9-3-1-2-4-11(9)17/h1-7H,(H3,19,20,21). The van der Waals surface area contributed by atoms with Gasteiger partial charge in [0.15, 0.2) is 5.82 Å². The monoisotopic (exact) mass is 457 g/mol. The summed E-state index contributed by atoms with van der Waals surface area (Å²) in [5.41, 5.74) is 8.61. The third kappa shape index (κ3) is 2.69. The van der Waals surface area contributed by atoms with Crippen LogP contribution < -0.4 is 5.73 Å². The molecule has 3 aromatic rings. The summed E-state index contributed by atoms with van der Waals surface area (Å²) in [6.45, 7) is 0. The lowest BCUT2D eigenvalue weighted by Gasteiger charge is -2.08. The van der Waals surface area contributed by atoms with Crippen molar-refractivity contribution >= 4 is 44.3 Å². The Morgan fingerprint density at radius 2 is 1.90 bits per heavy atom. The molecule has 0 amide bonds. The van der Waals surface area contributed by atoms with Gasteiger partial charge in [-0.3, -0.25) is 5.10 Å². The van der Waals surface area contributed by atoms with Crippen LogP contribution in [0, 0.1) is 9.39 Å². The van der Waals surface area contributed by atoms with Gasteiger partial charge in [0, 0.05) is 19.2 Å². The lowest BCUT2D eigenvalue weighted by Crippen LogP contribution is -1.92. The van der Waals surface area contributed by atoms with Crippen LogP contribution in [0.3, 0.4) is 0 Å². The number of H-pyrrole nitrogens is 1.